The molecule has 2 fully saturated rings. The maximum atomic E-state index is 12.3. The maximum Gasteiger partial charge on any atom is 0.327 e. The number of nitrogens with zero attached hydrogens (tertiary/aromatic N) is 2. The quantitative estimate of drug-likeness (QED) is 0.707. The largest absolute Gasteiger partial charge is 0.480 e. The number of aromatic nitrogens is 1. The molecule has 9 heteroatoms. The molecule has 0 spiro atoms. The van der Waals surface area contributed by atoms with Crippen molar-refractivity contribution in [2.24, 2.45) is 0 Å². The van der Waals surface area contributed by atoms with Crippen LogP contribution in [0.1, 0.15) is 13.8 Å². The second-order valence-electron chi connectivity index (χ2n) is 6.35. The van der Waals surface area contributed by atoms with E-state index in [1.807, 2.05) is 0 Å². The number of carbonyl (C=O) groups excluding carboxylic acids is 2. The smallest absolute Gasteiger partial charge is 0.327 e. The third-order valence-electron chi connectivity index (χ3n) is 4.18. The molecule has 2 aliphatic rings. The molecule has 0 saturated carbocycles. The first-order valence-electron chi connectivity index (χ1n) is 7.39. The number of carboxylic acid groups (broad SMARTS) is 1. The van der Waals surface area contributed by atoms with Crippen molar-refractivity contribution in [1.29, 1.82) is 0 Å². The lowest BCUT2D eigenvalue weighted by Crippen LogP contribution is -2.70. The molecule has 128 valence electrons. The lowest BCUT2D eigenvalue weighted by molar-refractivity contribution is -0.161. The Kier molecular flexibility index (Phi) is 3.90. The van der Waals surface area contributed by atoms with E-state index in [4.69, 9.17) is 0 Å². The van der Waals surface area contributed by atoms with Crippen molar-refractivity contribution in [3.05, 3.63) is 34.7 Å². The highest BCUT2D eigenvalue weighted by Gasteiger charge is 2.64. The van der Waals surface area contributed by atoms with Gasteiger partial charge in [-0.1, -0.05) is 0 Å². The second-order valence-corrected chi connectivity index (χ2v) is 8.12. The van der Waals surface area contributed by atoms with E-state index in [1.54, 1.807) is 13.8 Å². The number of β-lactam (4-membered cyclic amide) rings is 1. The molecule has 24 heavy (non-hydrogen) atoms. The summed E-state index contributed by atoms with van der Waals surface area (Å²) in [7, 11) is 0. The SMILES string of the molecule is CC1(C)S[C@@H]2[C@H](NC(=O)Cn3ccc(=O)cc3)C(=O)N2[C@H]1C(=O)O. The van der Waals surface area contributed by atoms with Crippen molar-refractivity contribution in [2.45, 2.75) is 42.6 Å². The van der Waals surface area contributed by atoms with Crippen molar-refractivity contribution in [3.63, 3.8) is 0 Å². The zero-order valence-electron chi connectivity index (χ0n) is 13.1. The van der Waals surface area contributed by atoms with Gasteiger partial charge in [-0.15, -0.1) is 11.8 Å². The third kappa shape index (κ3) is 2.68. The summed E-state index contributed by atoms with van der Waals surface area (Å²) in [6, 6.07) is 1.07. The van der Waals surface area contributed by atoms with E-state index in [-0.39, 0.29) is 29.2 Å². The van der Waals surface area contributed by atoms with Crippen LogP contribution in [0.4, 0.5) is 0 Å². The average Bonchev–Trinajstić information content (AvgIpc) is 2.76. The van der Waals surface area contributed by atoms with Gasteiger partial charge in [0.05, 0.1) is 0 Å². The fourth-order valence-electron chi connectivity index (χ4n) is 3.08. The van der Waals surface area contributed by atoms with Gasteiger partial charge in [0.15, 0.2) is 5.43 Å². The number of aliphatic carboxylic acids is 1. The van der Waals surface area contributed by atoms with Crippen molar-refractivity contribution >= 4 is 29.5 Å². The monoisotopic (exact) mass is 351 g/mol. The standard InChI is InChI=1S/C15H17N3O5S/c1-15(2)11(14(22)23)18-12(21)10(13(18)24-15)16-9(20)7-17-5-3-8(19)4-6-17/h3-6,10-11,13H,7H2,1-2H3,(H,16,20)(H,22,23)/t10-,11+,13-/m1/s1. The first-order chi connectivity index (χ1) is 11.2. The topological polar surface area (TPSA) is 109 Å². The predicted molar refractivity (Wildman–Crippen MR) is 86.4 cm³/mol. The van der Waals surface area contributed by atoms with Crippen molar-refractivity contribution < 1.29 is 19.5 Å². The molecule has 2 saturated heterocycles. The molecule has 3 atom stereocenters. The van der Waals surface area contributed by atoms with Crippen LogP contribution in [0.15, 0.2) is 29.3 Å². The zero-order chi connectivity index (χ0) is 17.6. The van der Waals surface area contributed by atoms with Gasteiger partial charge >= 0.3 is 5.97 Å². The number of rotatable bonds is 4. The van der Waals surface area contributed by atoms with E-state index in [1.165, 1.54) is 45.8 Å². The van der Waals surface area contributed by atoms with Crippen LogP contribution in [0.5, 0.6) is 0 Å². The number of pyridine rings is 1. The summed E-state index contributed by atoms with van der Waals surface area (Å²) < 4.78 is 0.910. The minimum Gasteiger partial charge on any atom is -0.480 e. The third-order valence-corrected chi connectivity index (χ3v) is 5.75. The molecule has 0 aliphatic carbocycles. The Hall–Kier alpha value is -2.29. The van der Waals surface area contributed by atoms with Gasteiger partial charge in [-0.2, -0.15) is 0 Å². The van der Waals surface area contributed by atoms with E-state index in [0.29, 0.717) is 0 Å². The normalized spacial score (nSPS) is 27.3. The molecule has 1 aromatic rings. The van der Waals surface area contributed by atoms with E-state index in [2.05, 4.69) is 5.32 Å². The van der Waals surface area contributed by atoms with Crippen LogP contribution in [-0.2, 0) is 20.9 Å². The van der Waals surface area contributed by atoms with Gasteiger partial charge in [0.25, 0.3) is 0 Å². The Morgan fingerprint density at radius 1 is 1.29 bits per heavy atom. The second kappa shape index (κ2) is 5.66. The summed E-state index contributed by atoms with van der Waals surface area (Å²) in [5, 5.41) is 11.6. The van der Waals surface area contributed by atoms with E-state index >= 15 is 0 Å². The van der Waals surface area contributed by atoms with Gasteiger partial charge in [0.1, 0.15) is 24.0 Å². The van der Waals surface area contributed by atoms with Gasteiger partial charge in [-0.05, 0) is 13.8 Å². The number of carbonyl (C=O) groups is 3. The van der Waals surface area contributed by atoms with E-state index in [0.717, 1.165) is 0 Å². The fourth-order valence-corrected chi connectivity index (χ4v) is 4.70. The average molecular weight is 351 g/mol. The number of nitrogens with one attached hydrogen (secondary N) is 1. The first-order valence-corrected chi connectivity index (χ1v) is 8.27. The zero-order valence-corrected chi connectivity index (χ0v) is 13.9. The van der Waals surface area contributed by atoms with E-state index in [9.17, 15) is 24.3 Å². The van der Waals surface area contributed by atoms with Crippen LogP contribution in [0.2, 0.25) is 0 Å². The lowest BCUT2D eigenvalue weighted by Gasteiger charge is -2.43. The molecule has 2 amide bonds. The number of hydrogen-bond donors (Lipinski definition) is 2. The molecule has 1 aromatic heterocycles. The molecule has 0 unspecified atom stereocenters. The highest BCUT2D eigenvalue weighted by molar-refractivity contribution is 8.01. The van der Waals surface area contributed by atoms with Gasteiger partial charge in [0, 0.05) is 29.3 Å². The molecular formula is C15H17N3O5S. The van der Waals surface area contributed by atoms with Crippen LogP contribution in [-0.4, -0.2) is 54.6 Å². The summed E-state index contributed by atoms with van der Waals surface area (Å²) in [6.07, 6.45) is 2.98. The summed E-state index contributed by atoms with van der Waals surface area (Å²) in [4.78, 5) is 48.2. The Balaban J connectivity index is 1.66. The highest BCUT2D eigenvalue weighted by Crippen LogP contribution is 2.50. The first kappa shape index (κ1) is 16.6. The van der Waals surface area contributed by atoms with Gasteiger partial charge in [-0.25, -0.2) is 4.79 Å². The number of amides is 2. The summed E-state index contributed by atoms with van der Waals surface area (Å²) in [5.41, 5.74) is -0.152. The molecule has 8 nitrogen and oxygen atoms in total. The summed E-state index contributed by atoms with van der Waals surface area (Å²) in [5.74, 6) is -1.78. The van der Waals surface area contributed by atoms with Gasteiger partial charge in [-0.3, -0.25) is 14.4 Å². The van der Waals surface area contributed by atoms with Crippen LogP contribution in [0.3, 0.4) is 0 Å². The number of fused-ring (bicyclic) bond motifs is 1. The van der Waals surface area contributed by atoms with Crippen LogP contribution >= 0.6 is 11.8 Å². The van der Waals surface area contributed by atoms with Crippen LogP contribution in [0.25, 0.3) is 0 Å². The van der Waals surface area contributed by atoms with Crippen molar-refractivity contribution in [3.8, 4) is 0 Å². The number of thioether (sulfide) groups is 1. The maximum absolute atomic E-state index is 12.3. The van der Waals surface area contributed by atoms with E-state index < -0.39 is 22.8 Å². The molecule has 2 aliphatic heterocycles. The number of carboxylic acids is 1. The minimum absolute atomic E-state index is 0.0206. The Morgan fingerprint density at radius 2 is 1.92 bits per heavy atom. The Bertz CT molecular complexity index is 754. The van der Waals surface area contributed by atoms with Crippen LogP contribution < -0.4 is 10.7 Å². The van der Waals surface area contributed by atoms with Gasteiger partial charge < -0.3 is 19.9 Å². The molecular weight excluding hydrogens is 334 g/mol. The molecule has 2 N–H and O–H groups in total. The Labute approximate surface area is 141 Å². The van der Waals surface area contributed by atoms with Crippen LogP contribution in [0, 0.1) is 0 Å². The molecule has 0 bridgehead atoms. The minimum atomic E-state index is -1.04. The Morgan fingerprint density at radius 3 is 2.50 bits per heavy atom. The fraction of sp³-hybridized carbons (Fsp3) is 0.467. The number of hydrogen-bond acceptors (Lipinski definition) is 5. The molecule has 0 aromatic carbocycles. The molecule has 3 heterocycles. The predicted octanol–water partition coefficient (Wildman–Crippen LogP) is -0.520. The van der Waals surface area contributed by atoms with Crippen molar-refractivity contribution in [1.82, 2.24) is 14.8 Å². The van der Waals surface area contributed by atoms with Crippen molar-refractivity contribution in [2.75, 3.05) is 0 Å². The summed E-state index contributed by atoms with van der Waals surface area (Å²) in [6.45, 7) is 3.54. The molecule has 3 rings (SSSR count). The summed E-state index contributed by atoms with van der Waals surface area (Å²) >= 11 is 1.38. The van der Waals surface area contributed by atoms with Gasteiger partial charge in [0.2, 0.25) is 11.8 Å². The highest BCUT2D eigenvalue weighted by atomic mass is 32.2. The molecule has 0 radical (unpaired) electrons. The lowest BCUT2D eigenvalue weighted by atomic mass is 9.96.